The van der Waals surface area contributed by atoms with Gasteiger partial charge in [0, 0.05) is 6.54 Å². The number of rotatable bonds is 9. The standard InChI is InChI=1S/C15H34N2.2C2H6/c1-8-16(6)11-9-15(4,5)10-12-17(7)13-14(2)3;2*1-2/h14H,8-13H2,1-7H3;2*1-2H3. The van der Waals surface area contributed by atoms with Crippen LogP contribution in [-0.2, 0) is 0 Å². The quantitative estimate of drug-likeness (QED) is 0.564. The molecule has 132 valence electrons. The molecule has 0 unspecified atom stereocenters. The lowest BCUT2D eigenvalue weighted by atomic mass is 9.85. The van der Waals surface area contributed by atoms with Crippen LogP contribution in [0, 0.1) is 11.3 Å². The highest BCUT2D eigenvalue weighted by Crippen LogP contribution is 2.25. The molecule has 2 nitrogen and oxygen atoms in total. The van der Waals surface area contributed by atoms with Gasteiger partial charge in [0.2, 0.25) is 0 Å². The van der Waals surface area contributed by atoms with Crippen LogP contribution in [0.4, 0.5) is 0 Å². The maximum absolute atomic E-state index is 2.47. The van der Waals surface area contributed by atoms with E-state index in [-0.39, 0.29) is 0 Å². The third kappa shape index (κ3) is 19.9. The van der Waals surface area contributed by atoms with Gasteiger partial charge in [-0.05, 0) is 57.9 Å². The van der Waals surface area contributed by atoms with Crippen LogP contribution in [0.1, 0.15) is 75.2 Å². The maximum Gasteiger partial charge on any atom is 0.000134 e. The summed E-state index contributed by atoms with van der Waals surface area (Å²) in [5.74, 6) is 0.773. The molecular weight excluding hydrogens is 256 g/mol. The normalized spacial score (nSPS) is 11.1. The Labute approximate surface area is 137 Å². The molecule has 0 aliphatic carbocycles. The minimum Gasteiger partial charge on any atom is -0.307 e. The molecule has 0 radical (unpaired) electrons. The molecule has 0 aromatic heterocycles. The molecule has 0 spiro atoms. The van der Waals surface area contributed by atoms with Crippen LogP contribution in [0.2, 0.25) is 0 Å². The van der Waals surface area contributed by atoms with Crippen molar-refractivity contribution < 1.29 is 0 Å². The van der Waals surface area contributed by atoms with Crippen LogP contribution in [-0.4, -0.2) is 50.1 Å². The molecule has 0 bridgehead atoms. The predicted octanol–water partition coefficient (Wildman–Crippen LogP) is 5.38. The molecule has 0 atom stereocenters. The van der Waals surface area contributed by atoms with Gasteiger partial charge in [-0.25, -0.2) is 0 Å². The zero-order valence-electron chi connectivity index (χ0n) is 17.2. The fourth-order valence-corrected chi connectivity index (χ4v) is 1.98. The number of hydrogen-bond donors (Lipinski definition) is 0. The average molecular weight is 303 g/mol. The van der Waals surface area contributed by atoms with Gasteiger partial charge in [0.15, 0.2) is 0 Å². The Hall–Kier alpha value is -0.0800. The fourth-order valence-electron chi connectivity index (χ4n) is 1.98. The Kier molecular flexibility index (Phi) is 20.1. The topological polar surface area (TPSA) is 6.48 Å². The van der Waals surface area contributed by atoms with Gasteiger partial charge in [0.05, 0.1) is 0 Å². The first-order chi connectivity index (χ1) is 9.76. The van der Waals surface area contributed by atoms with Crippen LogP contribution in [0.15, 0.2) is 0 Å². The highest BCUT2D eigenvalue weighted by molar-refractivity contribution is 4.72. The molecular formula is C19H46N2. The Morgan fingerprint density at radius 3 is 1.52 bits per heavy atom. The summed E-state index contributed by atoms with van der Waals surface area (Å²) in [6.45, 7) is 24.4. The summed E-state index contributed by atoms with van der Waals surface area (Å²) >= 11 is 0. The summed E-state index contributed by atoms with van der Waals surface area (Å²) in [5.41, 5.74) is 0.467. The summed E-state index contributed by atoms with van der Waals surface area (Å²) in [5, 5.41) is 0. The van der Waals surface area contributed by atoms with Crippen molar-refractivity contribution in [2.75, 3.05) is 40.3 Å². The van der Waals surface area contributed by atoms with Crippen molar-refractivity contribution in [2.24, 2.45) is 11.3 Å². The van der Waals surface area contributed by atoms with Gasteiger partial charge in [0.1, 0.15) is 0 Å². The second kappa shape index (κ2) is 16.3. The second-order valence-electron chi connectivity index (χ2n) is 6.72. The Morgan fingerprint density at radius 1 is 0.810 bits per heavy atom. The Morgan fingerprint density at radius 2 is 1.19 bits per heavy atom. The molecule has 0 saturated heterocycles. The molecule has 0 N–H and O–H groups in total. The zero-order valence-corrected chi connectivity index (χ0v) is 17.2. The summed E-state index contributed by atoms with van der Waals surface area (Å²) in [7, 11) is 4.45. The number of nitrogens with zero attached hydrogens (tertiary/aromatic N) is 2. The molecule has 0 heterocycles. The Balaban J connectivity index is -0.000000739. The van der Waals surface area contributed by atoms with E-state index in [1.807, 2.05) is 27.7 Å². The van der Waals surface area contributed by atoms with Gasteiger partial charge in [-0.2, -0.15) is 0 Å². The minimum atomic E-state index is 0.467. The van der Waals surface area contributed by atoms with E-state index in [4.69, 9.17) is 0 Å². The third-order valence-corrected chi connectivity index (χ3v) is 3.56. The SMILES string of the molecule is CC.CC.CCN(C)CCC(C)(C)CCN(C)CC(C)C. The van der Waals surface area contributed by atoms with Gasteiger partial charge in [0.25, 0.3) is 0 Å². The first-order valence-electron chi connectivity index (χ1n) is 9.14. The molecule has 0 rings (SSSR count). The zero-order chi connectivity index (χ0) is 17.5. The van der Waals surface area contributed by atoms with E-state index in [2.05, 4.69) is 58.5 Å². The van der Waals surface area contributed by atoms with Gasteiger partial charge >= 0.3 is 0 Å². The molecule has 0 aromatic rings. The van der Waals surface area contributed by atoms with Crippen molar-refractivity contribution in [3.05, 3.63) is 0 Å². The van der Waals surface area contributed by atoms with Crippen molar-refractivity contribution in [1.82, 2.24) is 9.80 Å². The smallest absolute Gasteiger partial charge is 0.000134 e. The fraction of sp³-hybridized carbons (Fsp3) is 1.00. The van der Waals surface area contributed by atoms with Crippen LogP contribution in [0.5, 0.6) is 0 Å². The first kappa shape index (κ1) is 25.9. The van der Waals surface area contributed by atoms with E-state index in [0.29, 0.717) is 5.41 Å². The van der Waals surface area contributed by atoms with Gasteiger partial charge in [-0.3, -0.25) is 0 Å². The van der Waals surface area contributed by atoms with E-state index >= 15 is 0 Å². The van der Waals surface area contributed by atoms with Crippen molar-refractivity contribution in [3.8, 4) is 0 Å². The highest BCUT2D eigenvalue weighted by atomic mass is 15.1. The summed E-state index contributed by atoms with van der Waals surface area (Å²) in [4.78, 5) is 4.87. The molecule has 0 aliphatic rings. The van der Waals surface area contributed by atoms with Crippen LogP contribution < -0.4 is 0 Å². The van der Waals surface area contributed by atoms with E-state index in [1.165, 1.54) is 32.5 Å². The third-order valence-electron chi connectivity index (χ3n) is 3.56. The number of hydrogen-bond acceptors (Lipinski definition) is 2. The van der Waals surface area contributed by atoms with Gasteiger partial charge in [-0.15, -0.1) is 0 Å². The van der Waals surface area contributed by atoms with E-state index in [9.17, 15) is 0 Å². The lowest BCUT2D eigenvalue weighted by molar-refractivity contribution is 0.200. The van der Waals surface area contributed by atoms with E-state index in [1.54, 1.807) is 0 Å². The first-order valence-corrected chi connectivity index (χ1v) is 9.14. The lowest BCUT2D eigenvalue weighted by Gasteiger charge is -2.30. The average Bonchev–Trinajstić information content (AvgIpc) is 2.46. The molecule has 0 aromatic carbocycles. The molecule has 0 fully saturated rings. The predicted molar refractivity (Wildman–Crippen MR) is 101 cm³/mol. The van der Waals surface area contributed by atoms with Crippen molar-refractivity contribution in [2.45, 2.75) is 75.2 Å². The lowest BCUT2D eigenvalue weighted by Crippen LogP contribution is -2.30. The monoisotopic (exact) mass is 302 g/mol. The van der Waals surface area contributed by atoms with Crippen molar-refractivity contribution in [1.29, 1.82) is 0 Å². The highest BCUT2D eigenvalue weighted by Gasteiger charge is 2.18. The molecule has 2 heteroatoms. The Bertz CT molecular complexity index is 188. The molecule has 0 saturated carbocycles. The van der Waals surface area contributed by atoms with Crippen molar-refractivity contribution in [3.63, 3.8) is 0 Å². The van der Waals surface area contributed by atoms with Crippen LogP contribution >= 0.6 is 0 Å². The van der Waals surface area contributed by atoms with Gasteiger partial charge in [-0.1, -0.05) is 62.3 Å². The van der Waals surface area contributed by atoms with Gasteiger partial charge < -0.3 is 9.80 Å². The maximum atomic E-state index is 2.47. The second-order valence-corrected chi connectivity index (χ2v) is 6.72. The van der Waals surface area contributed by atoms with E-state index in [0.717, 1.165) is 12.5 Å². The largest absolute Gasteiger partial charge is 0.307 e. The van der Waals surface area contributed by atoms with Crippen molar-refractivity contribution >= 4 is 0 Å². The molecule has 0 aliphatic heterocycles. The summed E-state index contributed by atoms with van der Waals surface area (Å²) in [6, 6.07) is 0. The minimum absolute atomic E-state index is 0.467. The van der Waals surface area contributed by atoms with E-state index < -0.39 is 0 Å². The summed E-state index contributed by atoms with van der Waals surface area (Å²) in [6.07, 6.45) is 2.60. The summed E-state index contributed by atoms with van der Waals surface area (Å²) < 4.78 is 0. The molecule has 21 heavy (non-hydrogen) atoms. The molecule has 0 amide bonds. The van der Waals surface area contributed by atoms with Crippen LogP contribution in [0.3, 0.4) is 0 Å². The van der Waals surface area contributed by atoms with Crippen LogP contribution in [0.25, 0.3) is 0 Å².